The fourth-order valence-corrected chi connectivity index (χ4v) is 3.50. The van der Waals surface area contributed by atoms with Gasteiger partial charge in [0.1, 0.15) is 11.5 Å². The van der Waals surface area contributed by atoms with Gasteiger partial charge in [0.25, 0.3) is 5.91 Å². The normalized spacial score (nSPS) is 16.1. The summed E-state index contributed by atoms with van der Waals surface area (Å²) in [5.74, 6) is 1.33. The number of hydrogen-bond donors (Lipinski definition) is 0. The molecule has 4 rings (SSSR count). The lowest BCUT2D eigenvalue weighted by atomic mass is 9.80. The highest BCUT2D eigenvalue weighted by molar-refractivity contribution is 6.61. The van der Waals surface area contributed by atoms with Crippen molar-refractivity contribution in [3.63, 3.8) is 0 Å². The van der Waals surface area contributed by atoms with Gasteiger partial charge in [0.05, 0.1) is 12.1 Å². The van der Waals surface area contributed by atoms with E-state index in [1.165, 1.54) is 0 Å². The van der Waals surface area contributed by atoms with Crippen LogP contribution in [0.2, 0.25) is 0 Å². The van der Waals surface area contributed by atoms with E-state index in [0.717, 1.165) is 11.0 Å². The summed E-state index contributed by atoms with van der Waals surface area (Å²) in [6, 6.07) is 12.6. The van der Waals surface area contributed by atoms with Crippen LogP contribution in [0.25, 0.3) is 0 Å². The summed E-state index contributed by atoms with van der Waals surface area (Å²) < 4.78 is 11.2. The van der Waals surface area contributed by atoms with E-state index in [-0.39, 0.29) is 11.8 Å². The number of carbonyl (C=O) groups excluding carboxylic acids is 2. The Kier molecular flexibility index (Phi) is 5.06. The number of nitrogens with zero attached hydrogens (tertiary/aromatic N) is 2. The lowest BCUT2D eigenvalue weighted by molar-refractivity contribution is -0.130. The summed E-state index contributed by atoms with van der Waals surface area (Å²) in [6.45, 7) is 4.21. The lowest BCUT2D eigenvalue weighted by Gasteiger charge is -2.34. The maximum atomic E-state index is 12.7. The van der Waals surface area contributed by atoms with E-state index in [1.54, 1.807) is 41.0 Å². The standard InChI is InChI=1S/C20H21BN2O5/c1-14(24)22-8-10-23(11-9-22)20(25)15-2-4-17(5-3-15)28-18-6-7-19-16(12-18)13-27-21(19)26/h2-7,12,26H,8-11,13H2,1H3/p+1. The molecule has 2 aliphatic rings. The first kappa shape index (κ1) is 18.5. The van der Waals surface area contributed by atoms with Crippen molar-refractivity contribution < 1.29 is 24.0 Å². The Labute approximate surface area is 163 Å². The van der Waals surface area contributed by atoms with Gasteiger partial charge < -0.3 is 24.2 Å². The van der Waals surface area contributed by atoms with Crippen LogP contribution in [0.4, 0.5) is 0 Å². The molecule has 0 unspecified atom stereocenters. The van der Waals surface area contributed by atoms with Gasteiger partial charge in [-0.25, -0.2) is 0 Å². The molecule has 2 aliphatic heterocycles. The van der Waals surface area contributed by atoms with Crippen LogP contribution in [-0.4, -0.2) is 59.9 Å². The second kappa shape index (κ2) is 7.65. The van der Waals surface area contributed by atoms with Crippen molar-refractivity contribution in [2.24, 2.45) is 0 Å². The zero-order chi connectivity index (χ0) is 19.7. The van der Waals surface area contributed by atoms with E-state index in [2.05, 4.69) is 0 Å². The quantitative estimate of drug-likeness (QED) is 0.580. The molecule has 2 N–H and O–H groups in total. The molecular weight excluding hydrogens is 359 g/mol. The number of piperazine rings is 1. The fourth-order valence-electron chi connectivity index (χ4n) is 3.50. The van der Waals surface area contributed by atoms with Crippen LogP contribution < -0.4 is 10.2 Å². The maximum absolute atomic E-state index is 12.7. The highest BCUT2D eigenvalue weighted by Gasteiger charge is 2.36. The zero-order valence-corrected chi connectivity index (χ0v) is 15.7. The molecule has 0 saturated carbocycles. The largest absolute Gasteiger partial charge is 0.731 e. The van der Waals surface area contributed by atoms with Crippen molar-refractivity contribution in [3.05, 3.63) is 53.6 Å². The Morgan fingerprint density at radius 2 is 1.64 bits per heavy atom. The number of hydrogen-bond acceptors (Lipinski definition) is 4. The number of benzene rings is 2. The highest BCUT2D eigenvalue weighted by Crippen LogP contribution is 2.24. The number of amides is 2. The second-order valence-electron chi connectivity index (χ2n) is 6.98. The third-order valence-corrected chi connectivity index (χ3v) is 5.15. The van der Waals surface area contributed by atoms with E-state index in [9.17, 15) is 9.59 Å². The van der Waals surface area contributed by atoms with Crippen LogP contribution in [0.3, 0.4) is 0 Å². The molecule has 1 saturated heterocycles. The van der Waals surface area contributed by atoms with Gasteiger partial charge in [0.2, 0.25) is 5.91 Å². The van der Waals surface area contributed by atoms with Gasteiger partial charge in [-0.15, -0.1) is 0 Å². The summed E-state index contributed by atoms with van der Waals surface area (Å²) in [7, 11) is -0.619. The molecule has 0 aliphatic carbocycles. The fraction of sp³-hybridized carbons (Fsp3) is 0.300. The summed E-state index contributed by atoms with van der Waals surface area (Å²) in [4.78, 5) is 27.6. The van der Waals surface area contributed by atoms with Crippen LogP contribution in [0.5, 0.6) is 11.5 Å². The van der Waals surface area contributed by atoms with Gasteiger partial charge in [0, 0.05) is 38.7 Å². The molecule has 2 aromatic rings. The van der Waals surface area contributed by atoms with Crippen LogP contribution in [0.15, 0.2) is 42.5 Å². The first-order valence-corrected chi connectivity index (χ1v) is 9.29. The van der Waals surface area contributed by atoms with Crippen LogP contribution in [0, 0.1) is 0 Å². The molecule has 144 valence electrons. The van der Waals surface area contributed by atoms with E-state index in [4.69, 9.17) is 14.4 Å². The summed E-state index contributed by atoms with van der Waals surface area (Å²) >= 11 is 0. The van der Waals surface area contributed by atoms with Gasteiger partial charge in [-0.1, -0.05) is 6.07 Å². The Bertz CT molecular complexity index is 894. The van der Waals surface area contributed by atoms with Crippen molar-refractivity contribution in [2.75, 3.05) is 26.2 Å². The van der Waals surface area contributed by atoms with Crippen molar-refractivity contribution in [1.82, 2.24) is 9.80 Å². The minimum absolute atomic E-state index is 0.0362. The molecule has 0 aromatic heterocycles. The molecule has 7 nitrogen and oxygen atoms in total. The Balaban J connectivity index is 1.39. The van der Waals surface area contributed by atoms with E-state index in [1.807, 2.05) is 18.2 Å². The average Bonchev–Trinajstić information content (AvgIpc) is 3.08. The summed E-state index contributed by atoms with van der Waals surface area (Å²) in [5, 5.41) is 7.77. The first-order valence-electron chi connectivity index (χ1n) is 9.29. The van der Waals surface area contributed by atoms with E-state index < -0.39 is 7.12 Å². The molecule has 2 heterocycles. The first-order chi connectivity index (χ1) is 13.5. The molecule has 2 amide bonds. The SMILES string of the molecule is CC(=O)N1CCN(C(=O)c2ccc(Oc3ccc4c(c3)COB4[OH2+])cc2)CC1. The van der Waals surface area contributed by atoms with Crippen molar-refractivity contribution in [2.45, 2.75) is 13.5 Å². The van der Waals surface area contributed by atoms with E-state index in [0.29, 0.717) is 49.8 Å². The molecule has 0 spiro atoms. The van der Waals surface area contributed by atoms with Crippen molar-refractivity contribution >= 4 is 24.4 Å². The van der Waals surface area contributed by atoms with Gasteiger partial charge in [-0.05, 0) is 42.0 Å². The van der Waals surface area contributed by atoms with Crippen LogP contribution >= 0.6 is 0 Å². The Morgan fingerprint density at radius 3 is 2.32 bits per heavy atom. The number of fused-ring (bicyclic) bond motifs is 1. The summed E-state index contributed by atoms with van der Waals surface area (Å²) in [5.41, 5.74) is 2.44. The molecular formula is C20H22BN2O5+. The lowest BCUT2D eigenvalue weighted by Crippen LogP contribution is -2.50. The van der Waals surface area contributed by atoms with Crippen molar-refractivity contribution in [1.29, 1.82) is 0 Å². The van der Waals surface area contributed by atoms with Crippen molar-refractivity contribution in [3.8, 4) is 11.5 Å². The molecule has 0 atom stereocenters. The van der Waals surface area contributed by atoms with Crippen LogP contribution in [-0.2, 0) is 16.1 Å². The summed E-state index contributed by atoms with van der Waals surface area (Å²) in [6.07, 6.45) is 0. The van der Waals surface area contributed by atoms with Gasteiger partial charge in [-0.3, -0.25) is 9.59 Å². The number of ether oxygens (including phenoxy) is 1. The minimum atomic E-state index is -0.619. The highest BCUT2D eigenvalue weighted by atomic mass is 16.5. The third kappa shape index (κ3) is 3.74. The zero-order valence-electron chi connectivity index (χ0n) is 15.7. The molecule has 0 radical (unpaired) electrons. The van der Waals surface area contributed by atoms with Gasteiger partial charge in [-0.2, -0.15) is 0 Å². The topological polar surface area (TPSA) is 82.0 Å². The average molecular weight is 381 g/mol. The number of rotatable bonds is 3. The Hall–Kier alpha value is -2.84. The Morgan fingerprint density at radius 1 is 1.00 bits per heavy atom. The minimum Gasteiger partial charge on any atom is -0.522 e. The maximum Gasteiger partial charge on any atom is 0.731 e. The molecule has 2 aromatic carbocycles. The van der Waals surface area contributed by atoms with Crippen LogP contribution in [0.1, 0.15) is 22.8 Å². The van der Waals surface area contributed by atoms with E-state index >= 15 is 0 Å². The molecule has 0 bridgehead atoms. The molecule has 8 heteroatoms. The van der Waals surface area contributed by atoms with Gasteiger partial charge in [0.15, 0.2) is 0 Å². The predicted molar refractivity (Wildman–Crippen MR) is 105 cm³/mol. The molecule has 1 fully saturated rings. The predicted octanol–water partition coefficient (Wildman–Crippen LogP) is 0.733. The smallest absolute Gasteiger partial charge is 0.522 e. The van der Waals surface area contributed by atoms with Gasteiger partial charge >= 0.3 is 7.12 Å². The second-order valence-corrected chi connectivity index (χ2v) is 6.98. The third-order valence-electron chi connectivity index (χ3n) is 5.15. The molecule has 28 heavy (non-hydrogen) atoms. The monoisotopic (exact) mass is 381 g/mol. The number of carbonyl (C=O) groups is 2.